The number of hydrogen-bond acceptors (Lipinski definition) is 6. The van der Waals surface area contributed by atoms with Crippen LogP contribution in [-0.4, -0.2) is 27.1 Å². The van der Waals surface area contributed by atoms with Gasteiger partial charge in [-0.2, -0.15) is 0 Å². The lowest BCUT2D eigenvalue weighted by Crippen LogP contribution is -2.27. The molecule has 34 heavy (non-hydrogen) atoms. The predicted octanol–water partition coefficient (Wildman–Crippen LogP) is 5.69. The summed E-state index contributed by atoms with van der Waals surface area (Å²) in [6.45, 7) is 0. The molecule has 1 aliphatic carbocycles. The monoisotopic (exact) mass is 456 g/mol. The molecule has 0 amide bonds. The first-order chi connectivity index (χ1) is 16.6. The molecule has 0 radical (unpaired) electrons. The second-order valence-corrected chi connectivity index (χ2v) is 8.52. The highest BCUT2D eigenvalue weighted by Gasteiger charge is 2.37. The van der Waals surface area contributed by atoms with Crippen LogP contribution in [0, 0.1) is 0 Å². The molecule has 5 rings (SSSR count). The maximum atomic E-state index is 13.7. The van der Waals surface area contributed by atoms with Gasteiger partial charge in [-0.05, 0) is 47.9 Å². The van der Waals surface area contributed by atoms with E-state index in [1.807, 2.05) is 60.7 Å². The molecule has 1 heterocycles. The maximum absolute atomic E-state index is 13.7. The molecule has 2 N–H and O–H groups in total. The molecule has 3 aromatic rings. The Morgan fingerprint density at radius 1 is 0.765 bits per heavy atom. The van der Waals surface area contributed by atoms with E-state index in [1.54, 1.807) is 21.3 Å². The second-order valence-electron chi connectivity index (χ2n) is 8.52. The number of nitrogens with one attached hydrogen (secondary N) is 2. The molecule has 0 fully saturated rings. The zero-order chi connectivity index (χ0) is 23.7. The third kappa shape index (κ3) is 3.85. The Bertz CT molecular complexity index is 1270. The standard InChI is InChI=1S/C28H28N2O4/c1-32-24-11-7-4-8-19(24)18-14-22-27(23(31)15-18)28(30-21-10-6-5-9-20(21)29-22)17-12-13-25(33-2)26(16-17)34-3/h4-13,16,18,28-30H,14-15H2,1-3H3/t18-,28-/m1/s1. The van der Waals surface area contributed by atoms with Gasteiger partial charge in [0.05, 0.1) is 38.7 Å². The third-order valence-corrected chi connectivity index (χ3v) is 6.63. The predicted molar refractivity (Wildman–Crippen MR) is 133 cm³/mol. The van der Waals surface area contributed by atoms with E-state index in [0.29, 0.717) is 24.3 Å². The van der Waals surface area contributed by atoms with Gasteiger partial charge >= 0.3 is 0 Å². The molecule has 0 bridgehead atoms. The van der Waals surface area contributed by atoms with E-state index in [1.165, 1.54) is 0 Å². The maximum Gasteiger partial charge on any atom is 0.163 e. The fourth-order valence-electron chi connectivity index (χ4n) is 5.00. The van der Waals surface area contributed by atoms with Crippen LogP contribution in [0.25, 0.3) is 0 Å². The quantitative estimate of drug-likeness (QED) is 0.514. The first kappa shape index (κ1) is 21.9. The summed E-state index contributed by atoms with van der Waals surface area (Å²) in [5.74, 6) is 2.24. The number of ketones is 1. The van der Waals surface area contributed by atoms with Crippen molar-refractivity contribution in [2.45, 2.75) is 24.8 Å². The zero-order valence-electron chi connectivity index (χ0n) is 19.6. The Balaban J connectivity index is 1.62. The van der Waals surface area contributed by atoms with E-state index in [0.717, 1.165) is 39.5 Å². The van der Waals surface area contributed by atoms with Crippen molar-refractivity contribution in [3.05, 3.63) is 89.1 Å². The SMILES string of the molecule is COc1ccc([C@H]2Nc3ccccc3NC3=C2C(=O)C[C@H](c2ccccc2OC)C3)cc1OC. The first-order valence-corrected chi connectivity index (χ1v) is 11.4. The molecule has 0 aromatic heterocycles. The zero-order valence-corrected chi connectivity index (χ0v) is 19.6. The van der Waals surface area contributed by atoms with E-state index >= 15 is 0 Å². The van der Waals surface area contributed by atoms with Crippen LogP contribution < -0.4 is 24.8 Å². The van der Waals surface area contributed by atoms with Crippen LogP contribution >= 0.6 is 0 Å². The van der Waals surface area contributed by atoms with E-state index in [4.69, 9.17) is 14.2 Å². The van der Waals surface area contributed by atoms with Crippen LogP contribution in [0.1, 0.15) is 35.9 Å². The Morgan fingerprint density at radius 2 is 1.47 bits per heavy atom. The normalized spacial score (nSPS) is 19.2. The first-order valence-electron chi connectivity index (χ1n) is 11.4. The lowest BCUT2D eigenvalue weighted by Gasteiger charge is -2.30. The topological polar surface area (TPSA) is 68.8 Å². The van der Waals surface area contributed by atoms with Gasteiger partial charge in [-0.15, -0.1) is 0 Å². The van der Waals surface area contributed by atoms with Gasteiger partial charge in [-0.3, -0.25) is 4.79 Å². The number of methoxy groups -OCH3 is 3. The number of hydrogen-bond donors (Lipinski definition) is 2. The van der Waals surface area contributed by atoms with Crippen molar-refractivity contribution >= 4 is 17.2 Å². The number of Topliss-reactive ketones (excluding diaryl/α,β-unsaturated/α-hetero) is 1. The minimum absolute atomic E-state index is 0.0335. The largest absolute Gasteiger partial charge is 0.496 e. The van der Waals surface area contributed by atoms with Gasteiger partial charge < -0.3 is 24.8 Å². The molecule has 0 saturated carbocycles. The summed E-state index contributed by atoms with van der Waals surface area (Å²) in [4.78, 5) is 13.7. The molecule has 6 nitrogen and oxygen atoms in total. The molecule has 2 atom stereocenters. The van der Waals surface area contributed by atoms with Crippen LogP contribution in [0.2, 0.25) is 0 Å². The van der Waals surface area contributed by atoms with Crippen molar-refractivity contribution in [2.75, 3.05) is 32.0 Å². The Morgan fingerprint density at radius 3 is 2.24 bits per heavy atom. The van der Waals surface area contributed by atoms with Crippen molar-refractivity contribution in [2.24, 2.45) is 0 Å². The van der Waals surface area contributed by atoms with E-state index in [2.05, 4.69) is 16.7 Å². The fraction of sp³-hybridized carbons (Fsp3) is 0.250. The molecule has 3 aromatic carbocycles. The summed E-state index contributed by atoms with van der Waals surface area (Å²) >= 11 is 0. The number of allylic oxidation sites excluding steroid dienone is 1. The molecule has 0 unspecified atom stereocenters. The average molecular weight is 457 g/mol. The number of para-hydroxylation sites is 3. The number of carbonyl (C=O) groups excluding carboxylic acids is 1. The fourth-order valence-corrected chi connectivity index (χ4v) is 5.00. The average Bonchev–Trinajstić information content (AvgIpc) is 3.05. The number of anilines is 2. The van der Waals surface area contributed by atoms with Crippen LogP contribution in [-0.2, 0) is 4.79 Å². The smallest absolute Gasteiger partial charge is 0.163 e. The van der Waals surface area contributed by atoms with Gasteiger partial charge in [0, 0.05) is 23.6 Å². The second kappa shape index (κ2) is 9.14. The number of rotatable bonds is 5. The van der Waals surface area contributed by atoms with Crippen molar-refractivity contribution in [3.8, 4) is 17.2 Å². The Labute approximate surface area is 199 Å². The number of fused-ring (bicyclic) bond motifs is 1. The molecule has 174 valence electrons. The third-order valence-electron chi connectivity index (χ3n) is 6.63. The minimum Gasteiger partial charge on any atom is -0.496 e. The summed E-state index contributed by atoms with van der Waals surface area (Å²) in [5, 5.41) is 7.19. The molecular weight excluding hydrogens is 428 g/mol. The highest BCUT2D eigenvalue weighted by Crippen LogP contribution is 2.46. The van der Waals surface area contributed by atoms with Crippen LogP contribution in [0.15, 0.2) is 78.0 Å². The summed E-state index contributed by atoms with van der Waals surface area (Å²) < 4.78 is 16.6. The van der Waals surface area contributed by atoms with Gasteiger partial charge in [0.25, 0.3) is 0 Å². The Hall–Kier alpha value is -3.93. The Kier molecular flexibility index (Phi) is 5.88. The molecule has 2 aliphatic rings. The van der Waals surface area contributed by atoms with E-state index < -0.39 is 0 Å². The number of benzene rings is 3. The van der Waals surface area contributed by atoms with Crippen molar-refractivity contribution < 1.29 is 19.0 Å². The highest BCUT2D eigenvalue weighted by atomic mass is 16.5. The number of carbonyl (C=O) groups is 1. The van der Waals surface area contributed by atoms with Crippen LogP contribution in [0.5, 0.6) is 17.2 Å². The number of ether oxygens (including phenoxy) is 3. The molecule has 1 aliphatic heterocycles. The molecule has 0 saturated heterocycles. The lowest BCUT2D eigenvalue weighted by atomic mass is 9.78. The summed E-state index contributed by atoms with van der Waals surface area (Å²) in [5.41, 5.74) is 5.58. The summed E-state index contributed by atoms with van der Waals surface area (Å²) in [6.07, 6.45) is 1.13. The van der Waals surface area contributed by atoms with Gasteiger partial charge in [0.2, 0.25) is 0 Å². The van der Waals surface area contributed by atoms with Gasteiger partial charge in [0.15, 0.2) is 17.3 Å². The van der Waals surface area contributed by atoms with Crippen LogP contribution in [0.4, 0.5) is 11.4 Å². The van der Waals surface area contributed by atoms with Gasteiger partial charge in [-0.1, -0.05) is 36.4 Å². The van der Waals surface area contributed by atoms with Crippen LogP contribution in [0.3, 0.4) is 0 Å². The van der Waals surface area contributed by atoms with Gasteiger partial charge in [0.1, 0.15) is 5.75 Å². The lowest BCUT2D eigenvalue weighted by molar-refractivity contribution is -0.116. The molecule has 0 spiro atoms. The van der Waals surface area contributed by atoms with E-state index in [9.17, 15) is 4.79 Å². The van der Waals surface area contributed by atoms with Crippen molar-refractivity contribution in [1.29, 1.82) is 0 Å². The summed E-state index contributed by atoms with van der Waals surface area (Å²) in [7, 11) is 4.91. The minimum atomic E-state index is -0.322. The van der Waals surface area contributed by atoms with Gasteiger partial charge in [-0.25, -0.2) is 0 Å². The molecular formula is C28H28N2O4. The highest BCUT2D eigenvalue weighted by molar-refractivity contribution is 6.01. The van der Waals surface area contributed by atoms with Crippen molar-refractivity contribution in [1.82, 2.24) is 0 Å². The molecule has 6 heteroatoms. The summed E-state index contributed by atoms with van der Waals surface area (Å²) in [6, 6.07) is 21.5. The van der Waals surface area contributed by atoms with E-state index in [-0.39, 0.29) is 17.7 Å². The van der Waals surface area contributed by atoms with Crippen molar-refractivity contribution in [3.63, 3.8) is 0 Å².